The lowest BCUT2D eigenvalue weighted by atomic mass is 9.90. The third-order valence-corrected chi connectivity index (χ3v) is 6.27. The topological polar surface area (TPSA) is 77.1 Å². The van der Waals surface area contributed by atoms with Crippen LogP contribution in [0.15, 0.2) is 18.2 Å². The van der Waals surface area contributed by atoms with Gasteiger partial charge in [0.15, 0.2) is 11.5 Å². The molecule has 7 nitrogen and oxygen atoms in total. The van der Waals surface area contributed by atoms with Crippen LogP contribution in [0.1, 0.15) is 50.5 Å². The van der Waals surface area contributed by atoms with Gasteiger partial charge in [-0.15, -0.1) is 0 Å². The fraction of sp³-hybridized carbons (Fsp3) is 0.619. The average molecular weight is 386 g/mol. The van der Waals surface area contributed by atoms with Crippen LogP contribution in [-0.2, 0) is 20.9 Å². The Morgan fingerprint density at radius 1 is 1.11 bits per heavy atom. The number of carbonyl (C=O) groups is 2. The predicted octanol–water partition coefficient (Wildman–Crippen LogP) is 2.33. The van der Waals surface area contributed by atoms with Gasteiger partial charge in [0.1, 0.15) is 11.8 Å². The van der Waals surface area contributed by atoms with Crippen LogP contribution in [0, 0.1) is 5.92 Å². The van der Waals surface area contributed by atoms with Gasteiger partial charge in [-0.05, 0) is 56.2 Å². The minimum atomic E-state index is -0.571. The number of hydrogen-bond donors (Lipinski definition) is 1. The summed E-state index contributed by atoms with van der Waals surface area (Å²) in [5.41, 5.74) is 0.363. The van der Waals surface area contributed by atoms with E-state index in [-0.39, 0.29) is 31.1 Å². The zero-order valence-electron chi connectivity index (χ0n) is 15.9. The van der Waals surface area contributed by atoms with Crippen molar-refractivity contribution in [3.05, 3.63) is 23.8 Å². The van der Waals surface area contributed by atoms with Gasteiger partial charge >= 0.3 is 0 Å². The highest BCUT2D eigenvalue weighted by Gasteiger charge is 2.54. The van der Waals surface area contributed by atoms with E-state index < -0.39 is 11.8 Å². The molecule has 1 N–H and O–H groups in total. The molecule has 150 valence electrons. The molecular weight excluding hydrogens is 360 g/mol. The van der Waals surface area contributed by atoms with Gasteiger partial charge in [0, 0.05) is 12.5 Å². The van der Waals surface area contributed by atoms with Crippen LogP contribution in [0.4, 0.5) is 0 Å². The summed E-state index contributed by atoms with van der Waals surface area (Å²) in [5, 5.41) is 2.99. The van der Waals surface area contributed by atoms with Crippen LogP contribution in [0.2, 0.25) is 0 Å². The number of ether oxygens (including phenoxy) is 3. The van der Waals surface area contributed by atoms with Crippen molar-refractivity contribution in [3.8, 4) is 11.5 Å². The Labute approximate surface area is 164 Å². The zero-order valence-corrected chi connectivity index (χ0v) is 15.9. The predicted molar refractivity (Wildman–Crippen MR) is 99.5 cm³/mol. The fourth-order valence-corrected chi connectivity index (χ4v) is 4.58. The third-order valence-electron chi connectivity index (χ3n) is 6.27. The van der Waals surface area contributed by atoms with Crippen molar-refractivity contribution < 1.29 is 23.8 Å². The van der Waals surface area contributed by atoms with Gasteiger partial charge < -0.3 is 19.5 Å². The highest BCUT2D eigenvalue weighted by molar-refractivity contribution is 5.90. The molecule has 1 aromatic rings. The van der Waals surface area contributed by atoms with E-state index in [2.05, 4.69) is 5.32 Å². The summed E-state index contributed by atoms with van der Waals surface area (Å²) in [6, 6.07) is 5.10. The summed E-state index contributed by atoms with van der Waals surface area (Å²) in [6.07, 6.45) is 6.76. The second kappa shape index (κ2) is 6.95. The normalized spacial score (nSPS) is 25.1. The Hall–Kier alpha value is -2.28. The van der Waals surface area contributed by atoms with E-state index in [9.17, 15) is 9.59 Å². The Morgan fingerprint density at radius 3 is 2.68 bits per heavy atom. The minimum Gasteiger partial charge on any atom is -0.454 e. The molecule has 3 fully saturated rings. The molecule has 0 aromatic heterocycles. The van der Waals surface area contributed by atoms with Crippen LogP contribution in [0.25, 0.3) is 0 Å². The van der Waals surface area contributed by atoms with E-state index >= 15 is 0 Å². The summed E-state index contributed by atoms with van der Waals surface area (Å²) in [4.78, 5) is 27.8. The van der Waals surface area contributed by atoms with Gasteiger partial charge in [0.2, 0.25) is 18.6 Å². The van der Waals surface area contributed by atoms with Crippen molar-refractivity contribution >= 4 is 11.8 Å². The molecule has 2 aliphatic heterocycles. The fourth-order valence-electron chi connectivity index (χ4n) is 4.58. The smallest absolute Gasteiger partial charge is 0.245 e. The Kier molecular flexibility index (Phi) is 4.42. The summed E-state index contributed by atoms with van der Waals surface area (Å²) in [7, 11) is 0. The lowest BCUT2D eigenvalue weighted by molar-refractivity contribution is -0.161. The first-order valence-electron chi connectivity index (χ1n) is 10.3. The summed E-state index contributed by atoms with van der Waals surface area (Å²) in [5.74, 6) is 1.45. The molecule has 5 rings (SSSR count). The zero-order chi connectivity index (χ0) is 19.1. The first-order valence-corrected chi connectivity index (χ1v) is 10.3. The molecule has 0 bridgehead atoms. The van der Waals surface area contributed by atoms with Crippen LogP contribution in [-0.4, -0.2) is 41.9 Å². The highest BCUT2D eigenvalue weighted by atomic mass is 16.7. The van der Waals surface area contributed by atoms with Gasteiger partial charge in [-0.1, -0.05) is 12.5 Å². The van der Waals surface area contributed by atoms with E-state index in [1.54, 1.807) is 4.90 Å². The molecule has 2 aliphatic carbocycles. The summed E-state index contributed by atoms with van der Waals surface area (Å²) < 4.78 is 16.9. The maximum Gasteiger partial charge on any atom is 0.245 e. The van der Waals surface area contributed by atoms with Gasteiger partial charge in [0.05, 0.1) is 6.61 Å². The van der Waals surface area contributed by atoms with Crippen molar-refractivity contribution in [2.24, 2.45) is 5.92 Å². The summed E-state index contributed by atoms with van der Waals surface area (Å²) >= 11 is 0. The number of hydrogen-bond acceptors (Lipinski definition) is 5. The molecule has 2 amide bonds. The number of nitrogens with zero attached hydrogens (tertiary/aromatic N) is 1. The average Bonchev–Trinajstić information content (AvgIpc) is 3.37. The number of nitrogens with one attached hydrogen (secondary N) is 1. The molecule has 2 saturated carbocycles. The second-order valence-corrected chi connectivity index (χ2v) is 8.22. The van der Waals surface area contributed by atoms with Crippen LogP contribution < -0.4 is 14.8 Å². The molecule has 7 heteroatoms. The van der Waals surface area contributed by atoms with E-state index in [4.69, 9.17) is 14.2 Å². The molecule has 0 unspecified atom stereocenters. The summed E-state index contributed by atoms with van der Waals surface area (Å²) in [6.45, 7) is 0.890. The Balaban J connectivity index is 1.29. The first kappa shape index (κ1) is 17.8. The van der Waals surface area contributed by atoms with Crippen molar-refractivity contribution in [1.82, 2.24) is 10.2 Å². The standard InChI is InChI=1S/C21H26N2O5/c24-19(22-11-14-4-7-17-18(10-14)27-13-26-17)16-12-28-21(8-2-1-3-9-21)23(16)20(25)15-5-6-15/h4,7,10,15-16H,1-3,5-6,8-9,11-13H2,(H,22,24)/t16-/m0/s1. The Bertz CT molecular complexity index is 785. The molecule has 4 aliphatic rings. The SMILES string of the molecule is O=C(NCc1ccc2c(c1)OCO2)[C@@H]1COC2(CCCCC2)N1C(=O)C1CC1. The van der Waals surface area contributed by atoms with Crippen LogP contribution in [0.5, 0.6) is 11.5 Å². The lowest BCUT2D eigenvalue weighted by Crippen LogP contribution is -2.56. The quantitative estimate of drug-likeness (QED) is 0.859. The van der Waals surface area contributed by atoms with E-state index in [0.29, 0.717) is 12.3 Å². The van der Waals surface area contributed by atoms with Crippen molar-refractivity contribution in [2.75, 3.05) is 13.4 Å². The molecule has 1 saturated heterocycles. The molecule has 0 radical (unpaired) electrons. The molecule has 1 aromatic carbocycles. The molecule has 1 spiro atoms. The highest BCUT2D eigenvalue weighted by Crippen LogP contribution is 2.44. The van der Waals surface area contributed by atoms with Gasteiger partial charge in [-0.3, -0.25) is 14.5 Å². The van der Waals surface area contributed by atoms with Crippen LogP contribution in [0.3, 0.4) is 0 Å². The van der Waals surface area contributed by atoms with E-state index in [0.717, 1.165) is 56.3 Å². The van der Waals surface area contributed by atoms with Crippen molar-refractivity contribution in [1.29, 1.82) is 0 Å². The Morgan fingerprint density at radius 2 is 1.89 bits per heavy atom. The number of fused-ring (bicyclic) bond motifs is 1. The molecule has 1 atom stereocenters. The van der Waals surface area contributed by atoms with Gasteiger partial charge in [0.25, 0.3) is 0 Å². The number of carbonyl (C=O) groups excluding carboxylic acids is 2. The largest absolute Gasteiger partial charge is 0.454 e. The minimum absolute atomic E-state index is 0.0738. The molecule has 2 heterocycles. The molecular formula is C21H26N2O5. The monoisotopic (exact) mass is 386 g/mol. The van der Waals surface area contributed by atoms with Crippen molar-refractivity contribution in [3.63, 3.8) is 0 Å². The van der Waals surface area contributed by atoms with Crippen molar-refractivity contribution in [2.45, 2.75) is 63.3 Å². The molecule has 28 heavy (non-hydrogen) atoms. The maximum atomic E-state index is 13.0. The third kappa shape index (κ3) is 3.11. The van der Waals surface area contributed by atoms with Gasteiger partial charge in [-0.2, -0.15) is 0 Å². The van der Waals surface area contributed by atoms with Crippen LogP contribution >= 0.6 is 0 Å². The lowest BCUT2D eigenvalue weighted by Gasteiger charge is -2.41. The second-order valence-electron chi connectivity index (χ2n) is 8.22. The first-order chi connectivity index (χ1) is 13.7. The van der Waals surface area contributed by atoms with Gasteiger partial charge in [-0.25, -0.2) is 0 Å². The maximum absolute atomic E-state index is 13.0. The van der Waals surface area contributed by atoms with E-state index in [1.807, 2.05) is 18.2 Å². The van der Waals surface area contributed by atoms with E-state index in [1.165, 1.54) is 0 Å². The number of benzene rings is 1. The number of amides is 2. The number of rotatable bonds is 4.